The van der Waals surface area contributed by atoms with Crippen molar-refractivity contribution in [3.05, 3.63) is 35.4 Å². The highest BCUT2D eigenvalue weighted by atomic mass is 16.4. The largest absolute Gasteiger partial charge is 0.480 e. The maximum absolute atomic E-state index is 12.7. The fourth-order valence-corrected chi connectivity index (χ4v) is 2.74. The summed E-state index contributed by atoms with van der Waals surface area (Å²) in [5.74, 6) is -1.63. The number of fused-ring (bicyclic) bond motifs is 1. The van der Waals surface area contributed by atoms with Gasteiger partial charge in [0, 0.05) is 18.0 Å². The van der Waals surface area contributed by atoms with Crippen LogP contribution >= 0.6 is 0 Å². The lowest BCUT2D eigenvalue weighted by atomic mass is 9.81. The fourth-order valence-electron chi connectivity index (χ4n) is 2.74. The van der Waals surface area contributed by atoms with Gasteiger partial charge in [-0.25, -0.2) is 0 Å². The first kappa shape index (κ1) is 15.2. The number of amides is 1. The molecule has 21 heavy (non-hydrogen) atoms. The molecule has 0 radical (unpaired) electrons. The third-order valence-corrected chi connectivity index (χ3v) is 3.81. The lowest BCUT2D eigenvalue weighted by molar-refractivity contribution is -0.146. The predicted molar refractivity (Wildman–Crippen MR) is 77.2 cm³/mol. The molecule has 1 aromatic carbocycles. The number of benzene rings is 1. The van der Waals surface area contributed by atoms with E-state index in [1.165, 1.54) is 4.90 Å². The van der Waals surface area contributed by atoms with E-state index in [2.05, 4.69) is 0 Å². The van der Waals surface area contributed by atoms with Crippen LogP contribution in [-0.4, -0.2) is 40.3 Å². The van der Waals surface area contributed by atoms with Crippen molar-refractivity contribution in [1.29, 1.82) is 0 Å². The Bertz CT molecular complexity index is 579. The summed E-state index contributed by atoms with van der Waals surface area (Å²) in [6.07, 6.45) is 0.768. The first-order valence-electron chi connectivity index (χ1n) is 7.06. The minimum atomic E-state index is -1.03. The summed E-state index contributed by atoms with van der Waals surface area (Å²) in [7, 11) is 0. The summed E-state index contributed by atoms with van der Waals surface area (Å²) in [4.78, 5) is 36.9. The molecule has 0 aliphatic heterocycles. The van der Waals surface area contributed by atoms with Gasteiger partial charge in [0.1, 0.15) is 6.54 Å². The van der Waals surface area contributed by atoms with E-state index in [-0.39, 0.29) is 24.3 Å². The molecule has 2 rings (SSSR count). The normalized spacial score (nSPS) is 17.5. The van der Waals surface area contributed by atoms with Crippen molar-refractivity contribution >= 4 is 17.7 Å². The van der Waals surface area contributed by atoms with Gasteiger partial charge in [-0.3, -0.25) is 14.4 Å². The number of carbonyl (C=O) groups excluding carboxylic acids is 2. The molecule has 112 valence electrons. The van der Waals surface area contributed by atoms with Gasteiger partial charge in [0.05, 0.1) is 5.92 Å². The number of carboxylic acid groups (broad SMARTS) is 1. The topological polar surface area (TPSA) is 74.7 Å². The predicted octanol–water partition coefficient (Wildman–Crippen LogP) is 2.07. The standard InChI is InChI=1S/C16H19NO4/c1-10(2)17(9-15(19)20)16(21)13-7-8-14(18)12-6-4-3-5-11(12)13/h3-6,10,13H,7-9H2,1-2H3,(H,19,20). The summed E-state index contributed by atoms with van der Waals surface area (Å²) in [6, 6.07) is 6.90. The van der Waals surface area contributed by atoms with E-state index in [4.69, 9.17) is 5.11 Å². The van der Waals surface area contributed by atoms with Crippen LogP contribution in [0.4, 0.5) is 0 Å². The number of ketones is 1. The van der Waals surface area contributed by atoms with Crippen LogP contribution in [0.5, 0.6) is 0 Å². The van der Waals surface area contributed by atoms with Gasteiger partial charge in [-0.2, -0.15) is 0 Å². The maximum atomic E-state index is 12.7. The van der Waals surface area contributed by atoms with Crippen molar-refractivity contribution in [2.24, 2.45) is 0 Å². The van der Waals surface area contributed by atoms with Crippen LogP contribution in [0.3, 0.4) is 0 Å². The van der Waals surface area contributed by atoms with Crippen LogP contribution in [0.2, 0.25) is 0 Å². The zero-order valence-electron chi connectivity index (χ0n) is 12.2. The molecule has 0 saturated carbocycles. The quantitative estimate of drug-likeness (QED) is 0.920. The van der Waals surface area contributed by atoms with E-state index < -0.39 is 11.9 Å². The SMILES string of the molecule is CC(C)N(CC(=O)O)C(=O)C1CCC(=O)c2ccccc21. The molecule has 1 aromatic rings. The van der Waals surface area contributed by atoms with Crippen molar-refractivity contribution in [3.8, 4) is 0 Å². The molecular weight excluding hydrogens is 270 g/mol. The zero-order chi connectivity index (χ0) is 15.6. The molecule has 1 aliphatic rings. The summed E-state index contributed by atoms with van der Waals surface area (Å²) < 4.78 is 0. The first-order valence-corrected chi connectivity index (χ1v) is 7.06. The number of hydrogen-bond donors (Lipinski definition) is 1. The number of nitrogens with zero attached hydrogens (tertiary/aromatic N) is 1. The van der Waals surface area contributed by atoms with E-state index in [9.17, 15) is 14.4 Å². The average molecular weight is 289 g/mol. The van der Waals surface area contributed by atoms with E-state index in [0.29, 0.717) is 18.4 Å². The van der Waals surface area contributed by atoms with Gasteiger partial charge in [-0.1, -0.05) is 24.3 Å². The molecule has 0 aromatic heterocycles. The summed E-state index contributed by atoms with van der Waals surface area (Å²) >= 11 is 0. The van der Waals surface area contributed by atoms with Gasteiger partial charge in [-0.05, 0) is 25.8 Å². The molecule has 1 unspecified atom stereocenters. The minimum absolute atomic E-state index is 0.0454. The molecule has 0 heterocycles. The minimum Gasteiger partial charge on any atom is -0.480 e. The van der Waals surface area contributed by atoms with Gasteiger partial charge in [0.2, 0.25) is 5.91 Å². The van der Waals surface area contributed by atoms with Crippen LogP contribution in [0.1, 0.15) is 48.5 Å². The first-order chi connectivity index (χ1) is 9.91. The van der Waals surface area contributed by atoms with Crippen LogP contribution in [-0.2, 0) is 9.59 Å². The molecule has 0 spiro atoms. The number of Topliss-reactive ketones (excluding diaryl/α,β-unsaturated/α-hetero) is 1. The molecule has 1 amide bonds. The molecule has 1 N–H and O–H groups in total. The van der Waals surface area contributed by atoms with Crippen molar-refractivity contribution in [1.82, 2.24) is 4.90 Å². The van der Waals surface area contributed by atoms with Crippen LogP contribution in [0.25, 0.3) is 0 Å². The highest BCUT2D eigenvalue weighted by Crippen LogP contribution is 2.33. The van der Waals surface area contributed by atoms with Crippen molar-refractivity contribution in [2.75, 3.05) is 6.54 Å². The second-order valence-corrected chi connectivity index (χ2v) is 5.56. The fraction of sp³-hybridized carbons (Fsp3) is 0.438. The van der Waals surface area contributed by atoms with Gasteiger partial charge in [-0.15, -0.1) is 0 Å². The molecular formula is C16H19NO4. The van der Waals surface area contributed by atoms with Gasteiger partial charge >= 0.3 is 5.97 Å². The molecule has 0 fully saturated rings. The van der Waals surface area contributed by atoms with E-state index in [0.717, 1.165) is 5.56 Å². The number of carboxylic acids is 1. The maximum Gasteiger partial charge on any atom is 0.323 e. The Morgan fingerprint density at radius 3 is 2.62 bits per heavy atom. The number of carbonyl (C=O) groups is 3. The Labute approximate surface area is 123 Å². The summed E-state index contributed by atoms with van der Waals surface area (Å²) in [5.41, 5.74) is 1.30. The third-order valence-electron chi connectivity index (χ3n) is 3.81. The molecule has 0 saturated heterocycles. The van der Waals surface area contributed by atoms with E-state index >= 15 is 0 Å². The Hall–Kier alpha value is -2.17. The van der Waals surface area contributed by atoms with Crippen LogP contribution < -0.4 is 0 Å². The molecule has 1 aliphatic carbocycles. The Balaban J connectivity index is 2.33. The number of rotatable bonds is 4. The van der Waals surface area contributed by atoms with E-state index in [1.807, 2.05) is 0 Å². The summed E-state index contributed by atoms with van der Waals surface area (Å²) in [5, 5.41) is 8.97. The second-order valence-electron chi connectivity index (χ2n) is 5.56. The zero-order valence-corrected chi connectivity index (χ0v) is 12.2. The van der Waals surface area contributed by atoms with Crippen molar-refractivity contribution in [2.45, 2.75) is 38.6 Å². The lowest BCUT2D eigenvalue weighted by Gasteiger charge is -2.31. The molecule has 1 atom stereocenters. The van der Waals surface area contributed by atoms with Crippen molar-refractivity contribution < 1.29 is 19.5 Å². The third kappa shape index (κ3) is 3.12. The average Bonchev–Trinajstić information content (AvgIpc) is 2.44. The Morgan fingerprint density at radius 2 is 2.00 bits per heavy atom. The van der Waals surface area contributed by atoms with Crippen LogP contribution in [0, 0.1) is 0 Å². The Kier molecular flexibility index (Phi) is 4.40. The number of hydrogen-bond acceptors (Lipinski definition) is 3. The highest BCUT2D eigenvalue weighted by Gasteiger charge is 2.34. The summed E-state index contributed by atoms with van der Waals surface area (Å²) in [6.45, 7) is 3.27. The van der Waals surface area contributed by atoms with Gasteiger partial charge in [0.15, 0.2) is 5.78 Å². The molecule has 5 heteroatoms. The molecule has 0 bridgehead atoms. The van der Waals surface area contributed by atoms with Gasteiger partial charge in [0.25, 0.3) is 0 Å². The highest BCUT2D eigenvalue weighted by molar-refractivity contribution is 6.02. The Morgan fingerprint density at radius 1 is 1.33 bits per heavy atom. The lowest BCUT2D eigenvalue weighted by Crippen LogP contribution is -2.44. The smallest absolute Gasteiger partial charge is 0.323 e. The number of aliphatic carboxylic acids is 1. The molecule has 5 nitrogen and oxygen atoms in total. The van der Waals surface area contributed by atoms with Gasteiger partial charge < -0.3 is 10.0 Å². The van der Waals surface area contributed by atoms with E-state index in [1.54, 1.807) is 38.1 Å². The monoisotopic (exact) mass is 289 g/mol. The second kappa shape index (κ2) is 6.08. The van der Waals surface area contributed by atoms with Crippen LogP contribution in [0.15, 0.2) is 24.3 Å². The van der Waals surface area contributed by atoms with Crippen molar-refractivity contribution in [3.63, 3.8) is 0 Å².